The lowest BCUT2D eigenvalue weighted by atomic mass is 10.0. The van der Waals surface area contributed by atoms with Crippen LogP contribution >= 0.6 is 0 Å². The Balaban J connectivity index is 2.79. The minimum absolute atomic E-state index is 0.230. The highest BCUT2D eigenvalue weighted by Crippen LogP contribution is 2.26. The average molecular weight is 240 g/mol. The number of ketones is 1. The number of hydrogen-bond donors (Lipinski definition) is 0. The van der Waals surface area contributed by atoms with Gasteiger partial charge in [0.2, 0.25) is 0 Å². The van der Waals surface area contributed by atoms with Gasteiger partial charge in [0.25, 0.3) is 5.92 Å². The summed E-state index contributed by atoms with van der Waals surface area (Å²) in [7, 11) is 1.45. The number of halogens is 2. The van der Waals surface area contributed by atoms with Crippen LogP contribution in [0.4, 0.5) is 8.78 Å². The van der Waals surface area contributed by atoms with Crippen LogP contribution in [0.15, 0.2) is 36.9 Å². The van der Waals surface area contributed by atoms with E-state index in [0.717, 1.165) is 6.08 Å². The van der Waals surface area contributed by atoms with Crippen molar-refractivity contribution in [2.75, 3.05) is 7.11 Å². The summed E-state index contributed by atoms with van der Waals surface area (Å²) in [5.41, 5.74) is 0.230. The largest absolute Gasteiger partial charge is 0.497 e. The summed E-state index contributed by atoms with van der Waals surface area (Å²) in [6, 6.07) is 6.19. The van der Waals surface area contributed by atoms with Crippen molar-refractivity contribution in [3.05, 3.63) is 42.5 Å². The molecule has 0 fully saturated rings. The third-order valence-electron chi connectivity index (χ3n) is 2.25. The molecule has 0 heterocycles. The summed E-state index contributed by atoms with van der Waals surface area (Å²) in [6.07, 6.45) is -0.201. The molecule has 1 rings (SSSR count). The number of benzene rings is 1. The summed E-state index contributed by atoms with van der Waals surface area (Å²) in [5.74, 6) is -3.17. The molecule has 4 heteroatoms. The van der Waals surface area contributed by atoms with Crippen molar-refractivity contribution in [2.45, 2.75) is 18.8 Å². The Bertz CT molecular complexity index is 414. The molecule has 0 aromatic heterocycles. The fraction of sp³-hybridized carbons (Fsp3) is 0.308. The van der Waals surface area contributed by atoms with Crippen LogP contribution in [-0.2, 0) is 0 Å². The molecular formula is C13H14F2O2. The van der Waals surface area contributed by atoms with Crippen LogP contribution in [0.1, 0.15) is 23.2 Å². The maximum Gasteiger partial charge on any atom is 0.258 e. The van der Waals surface area contributed by atoms with Gasteiger partial charge in [-0.1, -0.05) is 18.2 Å². The van der Waals surface area contributed by atoms with Crippen molar-refractivity contribution in [3.63, 3.8) is 0 Å². The molecule has 0 unspecified atom stereocenters. The molecule has 2 nitrogen and oxygen atoms in total. The predicted octanol–water partition coefficient (Wildman–Crippen LogP) is 3.48. The Hall–Kier alpha value is -1.71. The van der Waals surface area contributed by atoms with Crippen molar-refractivity contribution in [3.8, 4) is 5.75 Å². The fourth-order valence-corrected chi connectivity index (χ4v) is 1.42. The van der Waals surface area contributed by atoms with Gasteiger partial charge in [0.05, 0.1) is 13.5 Å². The van der Waals surface area contributed by atoms with Crippen LogP contribution in [0.5, 0.6) is 5.75 Å². The smallest absolute Gasteiger partial charge is 0.258 e. The normalized spacial score (nSPS) is 11.0. The van der Waals surface area contributed by atoms with E-state index in [1.807, 2.05) is 0 Å². The summed E-state index contributed by atoms with van der Waals surface area (Å²) >= 11 is 0. The molecule has 0 aliphatic carbocycles. The highest BCUT2D eigenvalue weighted by molar-refractivity contribution is 5.96. The summed E-state index contributed by atoms with van der Waals surface area (Å²) < 4.78 is 31.4. The molecule has 92 valence electrons. The lowest BCUT2D eigenvalue weighted by molar-refractivity contribution is 0.000358. The Morgan fingerprint density at radius 3 is 2.82 bits per heavy atom. The lowest BCUT2D eigenvalue weighted by Gasteiger charge is -2.13. The number of methoxy groups -OCH3 is 1. The van der Waals surface area contributed by atoms with Gasteiger partial charge in [-0.2, -0.15) is 0 Å². The molecule has 0 amide bonds. The minimum Gasteiger partial charge on any atom is -0.497 e. The number of Topliss-reactive ketones (excluding diaryl/α,β-unsaturated/α-hetero) is 1. The van der Waals surface area contributed by atoms with E-state index < -0.39 is 24.5 Å². The van der Waals surface area contributed by atoms with Crippen molar-refractivity contribution < 1.29 is 18.3 Å². The van der Waals surface area contributed by atoms with Crippen molar-refractivity contribution in [1.29, 1.82) is 0 Å². The zero-order valence-corrected chi connectivity index (χ0v) is 9.58. The molecular weight excluding hydrogens is 226 g/mol. The topological polar surface area (TPSA) is 26.3 Å². The van der Waals surface area contributed by atoms with Gasteiger partial charge in [-0.25, -0.2) is 8.78 Å². The van der Waals surface area contributed by atoms with Crippen LogP contribution in [-0.4, -0.2) is 18.8 Å². The second-order valence-electron chi connectivity index (χ2n) is 3.68. The predicted molar refractivity (Wildman–Crippen MR) is 61.7 cm³/mol. The molecule has 0 atom stereocenters. The number of hydrogen-bond acceptors (Lipinski definition) is 2. The quantitative estimate of drug-likeness (QED) is 0.562. The van der Waals surface area contributed by atoms with Gasteiger partial charge in [0.15, 0.2) is 5.78 Å². The first-order valence-electron chi connectivity index (χ1n) is 5.14. The molecule has 0 N–H and O–H groups in total. The minimum atomic E-state index is -3.04. The molecule has 0 radical (unpaired) electrons. The molecule has 0 aliphatic rings. The number of rotatable bonds is 6. The van der Waals surface area contributed by atoms with Crippen LogP contribution in [0.3, 0.4) is 0 Å². The van der Waals surface area contributed by atoms with Gasteiger partial charge in [-0.05, 0) is 12.1 Å². The number of allylic oxidation sites excluding steroid dienone is 1. The maximum atomic E-state index is 13.2. The van der Waals surface area contributed by atoms with E-state index in [0.29, 0.717) is 5.75 Å². The van der Waals surface area contributed by atoms with Gasteiger partial charge in [-0.15, -0.1) is 6.58 Å². The zero-order chi connectivity index (χ0) is 12.9. The number of ether oxygens (including phenoxy) is 1. The Labute approximate surface area is 98.9 Å². The Kier molecular flexibility index (Phi) is 4.37. The fourth-order valence-electron chi connectivity index (χ4n) is 1.42. The van der Waals surface area contributed by atoms with E-state index >= 15 is 0 Å². The summed E-state index contributed by atoms with van der Waals surface area (Å²) in [4.78, 5) is 11.6. The third kappa shape index (κ3) is 3.98. The standard InChI is InChI=1S/C13H14F2O2/c1-3-7-13(14,15)9-12(16)10-5-4-6-11(8-10)17-2/h3-6,8H,1,7,9H2,2H3. The SMILES string of the molecule is C=CCC(F)(F)CC(=O)c1cccc(OC)c1. The maximum absolute atomic E-state index is 13.2. The Morgan fingerprint density at radius 1 is 1.53 bits per heavy atom. The molecule has 1 aromatic rings. The van der Waals surface area contributed by atoms with Crippen LogP contribution < -0.4 is 4.74 Å². The van der Waals surface area contributed by atoms with E-state index in [-0.39, 0.29) is 5.56 Å². The van der Waals surface area contributed by atoms with Gasteiger partial charge in [-0.3, -0.25) is 4.79 Å². The second-order valence-corrected chi connectivity index (χ2v) is 3.68. The number of carbonyl (C=O) groups is 1. The van der Waals surface area contributed by atoms with E-state index in [9.17, 15) is 13.6 Å². The monoisotopic (exact) mass is 240 g/mol. The molecule has 0 saturated carbocycles. The first kappa shape index (κ1) is 13.4. The van der Waals surface area contributed by atoms with Crippen molar-refractivity contribution >= 4 is 5.78 Å². The van der Waals surface area contributed by atoms with Crippen molar-refractivity contribution in [2.24, 2.45) is 0 Å². The first-order valence-corrected chi connectivity index (χ1v) is 5.14. The zero-order valence-electron chi connectivity index (χ0n) is 9.58. The first-order chi connectivity index (χ1) is 7.98. The highest BCUT2D eigenvalue weighted by atomic mass is 19.3. The van der Waals surface area contributed by atoms with Crippen LogP contribution in [0, 0.1) is 0 Å². The number of alkyl halides is 2. The van der Waals surface area contributed by atoms with Crippen LogP contribution in [0.2, 0.25) is 0 Å². The lowest BCUT2D eigenvalue weighted by Crippen LogP contribution is -2.20. The third-order valence-corrected chi connectivity index (χ3v) is 2.25. The van der Waals surface area contributed by atoms with Gasteiger partial charge in [0, 0.05) is 12.0 Å². The van der Waals surface area contributed by atoms with Crippen molar-refractivity contribution in [1.82, 2.24) is 0 Å². The van der Waals surface area contributed by atoms with Gasteiger partial charge in [0.1, 0.15) is 5.75 Å². The van der Waals surface area contributed by atoms with E-state index in [2.05, 4.69) is 6.58 Å². The Morgan fingerprint density at radius 2 is 2.24 bits per heavy atom. The highest BCUT2D eigenvalue weighted by Gasteiger charge is 2.30. The van der Waals surface area contributed by atoms with Gasteiger partial charge >= 0.3 is 0 Å². The van der Waals surface area contributed by atoms with E-state index in [1.54, 1.807) is 12.1 Å². The molecule has 0 spiro atoms. The van der Waals surface area contributed by atoms with E-state index in [4.69, 9.17) is 4.74 Å². The average Bonchev–Trinajstić information content (AvgIpc) is 2.28. The van der Waals surface area contributed by atoms with E-state index in [1.165, 1.54) is 19.2 Å². The summed E-state index contributed by atoms with van der Waals surface area (Å²) in [5, 5.41) is 0. The number of carbonyl (C=O) groups excluding carboxylic acids is 1. The van der Waals surface area contributed by atoms with Gasteiger partial charge < -0.3 is 4.74 Å². The molecule has 0 bridgehead atoms. The molecule has 0 saturated heterocycles. The second kappa shape index (κ2) is 5.57. The molecule has 17 heavy (non-hydrogen) atoms. The molecule has 0 aliphatic heterocycles. The van der Waals surface area contributed by atoms with Crippen LogP contribution in [0.25, 0.3) is 0 Å². The molecule has 1 aromatic carbocycles. The summed E-state index contributed by atoms with van der Waals surface area (Å²) in [6.45, 7) is 3.24.